The standard InChI is InChI=1S/C13H17BrO2/c1-8-5-9(2)7-10(6-8)13(15)11-3-4-12(14)16-11/h3-4,8-10H,5-7H2,1-2H3. The Hall–Kier alpha value is -0.570. The lowest BCUT2D eigenvalue weighted by Crippen LogP contribution is -2.25. The van der Waals surface area contributed by atoms with Crippen molar-refractivity contribution < 1.29 is 9.21 Å². The maximum atomic E-state index is 12.2. The van der Waals surface area contributed by atoms with Gasteiger partial charge in [-0.2, -0.15) is 0 Å². The molecule has 1 heterocycles. The van der Waals surface area contributed by atoms with Crippen LogP contribution >= 0.6 is 15.9 Å². The van der Waals surface area contributed by atoms with Gasteiger partial charge in [0.1, 0.15) is 0 Å². The topological polar surface area (TPSA) is 30.2 Å². The molecule has 1 aromatic heterocycles. The molecule has 0 radical (unpaired) electrons. The summed E-state index contributed by atoms with van der Waals surface area (Å²) in [6.07, 6.45) is 3.24. The highest BCUT2D eigenvalue weighted by atomic mass is 79.9. The predicted octanol–water partition coefficient (Wildman–Crippen LogP) is 4.30. The lowest BCUT2D eigenvalue weighted by Gasteiger charge is -2.29. The zero-order chi connectivity index (χ0) is 11.7. The van der Waals surface area contributed by atoms with Crippen molar-refractivity contribution in [1.29, 1.82) is 0 Å². The average Bonchev–Trinajstić information content (AvgIpc) is 2.62. The van der Waals surface area contributed by atoms with Crippen LogP contribution in [-0.2, 0) is 0 Å². The van der Waals surface area contributed by atoms with Crippen molar-refractivity contribution in [1.82, 2.24) is 0 Å². The first-order valence-corrected chi connectivity index (χ1v) is 6.65. The number of ketones is 1. The molecule has 1 aliphatic rings. The molecule has 88 valence electrons. The van der Waals surface area contributed by atoms with Crippen LogP contribution in [0.15, 0.2) is 21.2 Å². The number of Topliss-reactive ketones (excluding diaryl/α,β-unsaturated/α-hetero) is 1. The Kier molecular flexibility index (Phi) is 3.53. The molecule has 2 nitrogen and oxygen atoms in total. The highest BCUT2D eigenvalue weighted by molar-refractivity contribution is 9.10. The summed E-state index contributed by atoms with van der Waals surface area (Å²) < 4.78 is 5.97. The van der Waals surface area contributed by atoms with Crippen molar-refractivity contribution in [2.24, 2.45) is 17.8 Å². The Balaban J connectivity index is 2.09. The van der Waals surface area contributed by atoms with Gasteiger partial charge < -0.3 is 4.42 Å². The zero-order valence-corrected chi connectivity index (χ0v) is 11.3. The van der Waals surface area contributed by atoms with Crippen molar-refractivity contribution in [3.05, 3.63) is 22.6 Å². The smallest absolute Gasteiger partial charge is 0.201 e. The lowest BCUT2D eigenvalue weighted by atomic mass is 9.75. The SMILES string of the molecule is CC1CC(C)CC(C(=O)c2ccc(Br)o2)C1. The van der Waals surface area contributed by atoms with E-state index in [9.17, 15) is 4.79 Å². The highest BCUT2D eigenvalue weighted by Gasteiger charge is 2.30. The van der Waals surface area contributed by atoms with Gasteiger partial charge in [0, 0.05) is 5.92 Å². The molecule has 0 saturated heterocycles. The molecule has 16 heavy (non-hydrogen) atoms. The number of hydrogen-bond donors (Lipinski definition) is 0. The van der Waals surface area contributed by atoms with Crippen LogP contribution < -0.4 is 0 Å². The number of furan rings is 1. The summed E-state index contributed by atoms with van der Waals surface area (Å²) in [4.78, 5) is 12.2. The van der Waals surface area contributed by atoms with E-state index in [4.69, 9.17) is 4.42 Å². The number of rotatable bonds is 2. The fourth-order valence-corrected chi connectivity index (χ4v) is 3.12. The molecule has 0 bridgehead atoms. The molecule has 3 heteroatoms. The van der Waals surface area contributed by atoms with Gasteiger partial charge in [-0.25, -0.2) is 0 Å². The van der Waals surface area contributed by atoms with Crippen molar-refractivity contribution in [3.8, 4) is 0 Å². The summed E-state index contributed by atoms with van der Waals surface area (Å²) in [6, 6.07) is 3.54. The van der Waals surface area contributed by atoms with Crippen molar-refractivity contribution in [2.45, 2.75) is 33.1 Å². The Bertz CT molecular complexity index is 373. The third-order valence-electron chi connectivity index (χ3n) is 3.37. The molecule has 1 aliphatic carbocycles. The van der Waals surface area contributed by atoms with Crippen LogP contribution in [0.1, 0.15) is 43.7 Å². The number of carbonyl (C=O) groups is 1. The highest BCUT2D eigenvalue weighted by Crippen LogP contribution is 2.35. The lowest BCUT2D eigenvalue weighted by molar-refractivity contribution is 0.0806. The van der Waals surface area contributed by atoms with Crippen molar-refractivity contribution in [3.63, 3.8) is 0 Å². The Labute approximate surface area is 105 Å². The van der Waals surface area contributed by atoms with Gasteiger partial charge in [0.15, 0.2) is 10.4 Å². The molecule has 1 fully saturated rings. The second-order valence-electron chi connectivity index (χ2n) is 5.08. The molecular weight excluding hydrogens is 268 g/mol. The third kappa shape index (κ3) is 2.57. The summed E-state index contributed by atoms with van der Waals surface area (Å²) in [5.74, 6) is 2.12. The third-order valence-corrected chi connectivity index (χ3v) is 3.79. The molecule has 2 rings (SSSR count). The van der Waals surface area contributed by atoms with Gasteiger partial charge in [-0.3, -0.25) is 4.79 Å². The molecule has 0 amide bonds. The number of carbonyl (C=O) groups excluding carboxylic acids is 1. The predicted molar refractivity (Wildman–Crippen MR) is 66.4 cm³/mol. The summed E-state index contributed by atoms with van der Waals surface area (Å²) >= 11 is 3.23. The molecule has 0 spiro atoms. The van der Waals surface area contributed by atoms with Gasteiger partial charge >= 0.3 is 0 Å². The minimum atomic E-state index is 0.150. The molecule has 0 aliphatic heterocycles. The van der Waals surface area contributed by atoms with E-state index in [-0.39, 0.29) is 11.7 Å². The second kappa shape index (κ2) is 4.74. The summed E-state index contributed by atoms with van der Waals surface area (Å²) in [6.45, 7) is 4.46. The normalized spacial score (nSPS) is 30.3. The van der Waals surface area contributed by atoms with Crippen LogP contribution in [0.3, 0.4) is 0 Å². The van der Waals surface area contributed by atoms with Crippen LogP contribution in [0.25, 0.3) is 0 Å². The molecule has 1 saturated carbocycles. The first-order valence-electron chi connectivity index (χ1n) is 5.85. The molecule has 0 aromatic carbocycles. The number of hydrogen-bond acceptors (Lipinski definition) is 2. The van der Waals surface area contributed by atoms with Crippen LogP contribution in [-0.4, -0.2) is 5.78 Å². The Morgan fingerprint density at radius 1 is 1.25 bits per heavy atom. The van der Waals surface area contributed by atoms with E-state index < -0.39 is 0 Å². The Morgan fingerprint density at radius 2 is 1.88 bits per heavy atom. The summed E-state index contributed by atoms with van der Waals surface area (Å²) in [5, 5.41) is 0. The molecule has 1 aromatic rings. The molecule has 2 atom stereocenters. The van der Waals surface area contributed by atoms with Gasteiger partial charge in [-0.15, -0.1) is 0 Å². The fourth-order valence-electron chi connectivity index (χ4n) is 2.81. The Morgan fingerprint density at radius 3 is 2.38 bits per heavy atom. The van der Waals surface area contributed by atoms with E-state index >= 15 is 0 Å². The van der Waals surface area contributed by atoms with Crippen LogP contribution in [0.2, 0.25) is 0 Å². The zero-order valence-electron chi connectivity index (χ0n) is 9.70. The van der Waals surface area contributed by atoms with Gasteiger partial charge in [0.05, 0.1) is 0 Å². The minimum Gasteiger partial charge on any atom is -0.446 e. The average molecular weight is 285 g/mol. The molecule has 2 unspecified atom stereocenters. The maximum Gasteiger partial charge on any atom is 0.201 e. The van der Waals surface area contributed by atoms with Crippen LogP contribution in [0, 0.1) is 17.8 Å². The van der Waals surface area contributed by atoms with Crippen molar-refractivity contribution >= 4 is 21.7 Å². The van der Waals surface area contributed by atoms with Gasteiger partial charge in [-0.1, -0.05) is 13.8 Å². The quantitative estimate of drug-likeness (QED) is 0.758. The van der Waals surface area contributed by atoms with Crippen molar-refractivity contribution in [2.75, 3.05) is 0 Å². The summed E-state index contributed by atoms with van der Waals surface area (Å²) in [7, 11) is 0. The van der Waals surface area contributed by atoms with E-state index in [1.807, 2.05) is 0 Å². The molecular formula is C13H17BrO2. The van der Waals surface area contributed by atoms with E-state index in [2.05, 4.69) is 29.8 Å². The number of halogens is 1. The largest absolute Gasteiger partial charge is 0.446 e. The van der Waals surface area contributed by atoms with Gasteiger partial charge in [-0.05, 0) is 59.2 Å². The monoisotopic (exact) mass is 284 g/mol. The summed E-state index contributed by atoms with van der Waals surface area (Å²) in [5.41, 5.74) is 0. The van der Waals surface area contributed by atoms with Crippen LogP contribution in [0.4, 0.5) is 0 Å². The van der Waals surface area contributed by atoms with Gasteiger partial charge in [0.2, 0.25) is 5.78 Å². The first-order chi connectivity index (χ1) is 7.56. The molecule has 0 N–H and O–H groups in total. The minimum absolute atomic E-state index is 0.150. The van der Waals surface area contributed by atoms with Gasteiger partial charge in [0.25, 0.3) is 0 Å². The van der Waals surface area contributed by atoms with E-state index in [0.717, 1.165) is 12.8 Å². The second-order valence-corrected chi connectivity index (χ2v) is 5.86. The van der Waals surface area contributed by atoms with E-state index in [1.54, 1.807) is 12.1 Å². The fraction of sp³-hybridized carbons (Fsp3) is 0.615. The maximum absolute atomic E-state index is 12.2. The van der Waals surface area contributed by atoms with E-state index in [0.29, 0.717) is 22.3 Å². The van der Waals surface area contributed by atoms with Crippen LogP contribution in [0.5, 0.6) is 0 Å². The first kappa shape index (κ1) is 11.9. The van der Waals surface area contributed by atoms with E-state index in [1.165, 1.54) is 6.42 Å².